The predicted octanol–water partition coefficient (Wildman–Crippen LogP) is 8.25. The van der Waals surface area contributed by atoms with Gasteiger partial charge in [0.05, 0.1) is 19.8 Å². The van der Waals surface area contributed by atoms with Gasteiger partial charge in [-0.2, -0.15) is 0 Å². The molecule has 0 radical (unpaired) electrons. The molecule has 0 bridgehead atoms. The fraction of sp³-hybridized carbons (Fsp3) is 0.250. The molecule has 0 unspecified atom stereocenters. The number of nitrogens with one attached hydrogen (secondary N) is 2. The molecule has 0 saturated heterocycles. The minimum absolute atomic E-state index is 0.398. The molecule has 0 saturated carbocycles. The van der Waals surface area contributed by atoms with Crippen LogP contribution in [0.4, 0.5) is 27.8 Å². The summed E-state index contributed by atoms with van der Waals surface area (Å²) in [4.78, 5) is 18.5. The molecule has 42 heavy (non-hydrogen) atoms. The second-order valence-corrected chi connectivity index (χ2v) is 11.4. The Morgan fingerprint density at radius 3 is 1.62 bits per heavy atom. The first-order valence-electron chi connectivity index (χ1n) is 13.2. The summed E-state index contributed by atoms with van der Waals surface area (Å²) in [5.41, 5.74) is 6.56. The Bertz CT molecular complexity index is 1700. The number of carbonyl (C=O) groups excluding carboxylic acids is 1. The summed E-state index contributed by atoms with van der Waals surface area (Å²) in [6.07, 6.45) is -0.436. The van der Waals surface area contributed by atoms with Crippen molar-refractivity contribution in [2.24, 2.45) is 14.1 Å². The molecule has 2 aliphatic rings. The zero-order valence-electron chi connectivity index (χ0n) is 24.2. The molecule has 0 aliphatic carbocycles. The normalized spacial score (nSPS) is 15.6. The Morgan fingerprint density at radius 1 is 0.714 bits per heavy atom. The van der Waals surface area contributed by atoms with Crippen LogP contribution in [-0.2, 0) is 34.8 Å². The lowest BCUT2D eigenvalue weighted by Crippen LogP contribution is -2.34. The number of rotatable bonds is 2. The van der Waals surface area contributed by atoms with E-state index in [1.165, 1.54) is 0 Å². The number of cyclic esters (lactones) is 1. The lowest BCUT2D eigenvalue weighted by Gasteiger charge is -2.34. The average molecular weight is 579 g/mol. The first kappa shape index (κ1) is 28.5. The standard InChI is InChI=1S/C16H15N3O2.C16H15N3OS/c1-16(2)11-9-10(5-6-12(11)18-15(20)21-16)13-7-8-14(17-3)19(13)4;1-16(2)11-9-10(5-6-12(11)18-15(21)20-16)13-7-8-14(17-3)19(13)4/h5-9H,1-2,4H3,(H,18,20);5-9H,1-2,4H3,(H,18,21). The number of fused-ring (bicyclic) bond motifs is 2. The molecule has 0 atom stereocenters. The molecule has 2 N–H and O–H groups in total. The molecule has 4 aromatic rings. The van der Waals surface area contributed by atoms with Crippen molar-refractivity contribution in [3.05, 3.63) is 94.6 Å². The third kappa shape index (κ3) is 5.09. The van der Waals surface area contributed by atoms with Gasteiger partial charge in [-0.15, -0.1) is 0 Å². The van der Waals surface area contributed by atoms with Crippen LogP contribution < -0.4 is 10.6 Å². The van der Waals surface area contributed by atoms with Crippen molar-refractivity contribution >= 4 is 46.5 Å². The number of thiocarbonyl (C=S) groups is 1. The topological polar surface area (TPSA) is 78.2 Å². The monoisotopic (exact) mass is 578 g/mol. The number of nitrogens with zero attached hydrogens (tertiary/aromatic N) is 4. The highest BCUT2D eigenvalue weighted by atomic mass is 32.1. The fourth-order valence-corrected chi connectivity index (χ4v) is 5.59. The van der Waals surface area contributed by atoms with E-state index in [1.807, 2.05) is 99.5 Å². The summed E-state index contributed by atoms with van der Waals surface area (Å²) in [5, 5.41) is 6.19. The van der Waals surface area contributed by atoms with Gasteiger partial charge < -0.3 is 24.5 Å². The van der Waals surface area contributed by atoms with E-state index in [0.29, 0.717) is 16.8 Å². The highest BCUT2D eigenvalue weighted by Gasteiger charge is 2.34. The molecule has 4 heterocycles. The SMILES string of the molecule is [C-]#[N+]c1ccc(-c2ccc3c(c2)C(C)(C)OC(=O)N3)n1C.[C-]#[N+]c1ccc(-c2ccc3c(c2)C(C)(C)OC(=S)N3)n1C. The molecule has 2 aromatic carbocycles. The quantitative estimate of drug-likeness (QED) is 0.185. The number of anilines is 2. The fourth-order valence-electron chi connectivity index (χ4n) is 5.27. The molecule has 10 heteroatoms. The zero-order valence-corrected chi connectivity index (χ0v) is 25.0. The highest BCUT2D eigenvalue weighted by Crippen LogP contribution is 2.40. The third-order valence-electron chi connectivity index (χ3n) is 7.52. The zero-order chi connectivity index (χ0) is 30.4. The number of hydrogen-bond acceptors (Lipinski definition) is 4. The molecule has 1 amide bonds. The molecule has 0 spiro atoms. The summed E-state index contributed by atoms with van der Waals surface area (Å²) in [6, 6.07) is 19.4. The van der Waals surface area contributed by atoms with Crippen molar-refractivity contribution in [1.29, 1.82) is 0 Å². The van der Waals surface area contributed by atoms with Gasteiger partial charge in [0, 0.05) is 27.9 Å². The molecule has 9 nitrogen and oxygen atoms in total. The van der Waals surface area contributed by atoms with E-state index in [2.05, 4.69) is 26.4 Å². The Labute approximate surface area is 250 Å². The van der Waals surface area contributed by atoms with Crippen molar-refractivity contribution in [3.8, 4) is 22.5 Å². The number of amides is 1. The van der Waals surface area contributed by atoms with Crippen LogP contribution in [0.2, 0.25) is 0 Å². The van der Waals surface area contributed by atoms with E-state index < -0.39 is 17.3 Å². The Balaban J connectivity index is 0.000000168. The third-order valence-corrected chi connectivity index (χ3v) is 7.70. The summed E-state index contributed by atoms with van der Waals surface area (Å²) in [5.74, 6) is 1.21. The van der Waals surface area contributed by atoms with Crippen LogP contribution in [0.15, 0.2) is 60.7 Å². The minimum atomic E-state index is -0.679. The van der Waals surface area contributed by atoms with Gasteiger partial charge in [0.2, 0.25) is 11.6 Å². The minimum Gasteiger partial charge on any atom is -0.460 e. The maximum absolute atomic E-state index is 11.5. The van der Waals surface area contributed by atoms with Gasteiger partial charge in [-0.1, -0.05) is 13.1 Å². The summed E-state index contributed by atoms with van der Waals surface area (Å²) >= 11 is 5.13. The van der Waals surface area contributed by atoms with Crippen LogP contribution in [0.5, 0.6) is 0 Å². The molecule has 2 aromatic heterocycles. The maximum atomic E-state index is 11.5. The van der Waals surface area contributed by atoms with Crippen molar-refractivity contribution in [2.45, 2.75) is 38.9 Å². The molecule has 0 fully saturated rings. The van der Waals surface area contributed by atoms with Crippen LogP contribution in [0.1, 0.15) is 38.8 Å². The van der Waals surface area contributed by atoms with Crippen LogP contribution in [0.25, 0.3) is 32.2 Å². The average Bonchev–Trinajstić information content (AvgIpc) is 3.49. The number of ether oxygens (including phenoxy) is 2. The second kappa shape index (κ2) is 10.4. The predicted molar refractivity (Wildman–Crippen MR) is 168 cm³/mol. The number of hydrogen-bond donors (Lipinski definition) is 2. The van der Waals surface area contributed by atoms with Crippen molar-refractivity contribution in [2.75, 3.05) is 10.6 Å². The lowest BCUT2D eigenvalue weighted by molar-refractivity contribution is 0.0421. The van der Waals surface area contributed by atoms with Crippen molar-refractivity contribution < 1.29 is 14.3 Å². The summed E-state index contributed by atoms with van der Waals surface area (Å²) < 4.78 is 14.8. The van der Waals surface area contributed by atoms with E-state index in [1.54, 1.807) is 6.07 Å². The molecule has 6 rings (SSSR count). The Kier molecular flexibility index (Phi) is 7.05. The maximum Gasteiger partial charge on any atom is 0.412 e. The molecule has 212 valence electrons. The van der Waals surface area contributed by atoms with Gasteiger partial charge in [0.15, 0.2) is 0 Å². The van der Waals surface area contributed by atoms with E-state index in [4.69, 9.17) is 34.8 Å². The Morgan fingerprint density at radius 2 is 1.17 bits per heavy atom. The van der Waals surface area contributed by atoms with Crippen LogP contribution in [0, 0.1) is 13.1 Å². The number of aromatic nitrogens is 2. The van der Waals surface area contributed by atoms with Crippen molar-refractivity contribution in [3.63, 3.8) is 0 Å². The van der Waals surface area contributed by atoms with Gasteiger partial charge >= 0.3 is 6.09 Å². The van der Waals surface area contributed by atoms with Crippen LogP contribution in [0.3, 0.4) is 0 Å². The lowest BCUT2D eigenvalue weighted by atomic mass is 9.92. The number of carbonyl (C=O) groups is 1. The van der Waals surface area contributed by atoms with E-state index >= 15 is 0 Å². The number of benzene rings is 2. The van der Waals surface area contributed by atoms with Crippen molar-refractivity contribution in [1.82, 2.24) is 9.13 Å². The summed E-state index contributed by atoms with van der Waals surface area (Å²) in [7, 11) is 3.77. The van der Waals surface area contributed by atoms with E-state index in [9.17, 15) is 4.79 Å². The molecular weight excluding hydrogens is 548 g/mol. The van der Waals surface area contributed by atoms with E-state index in [0.717, 1.165) is 45.0 Å². The van der Waals surface area contributed by atoms with Gasteiger partial charge in [0.1, 0.15) is 22.6 Å². The van der Waals surface area contributed by atoms with Crippen LogP contribution >= 0.6 is 12.2 Å². The van der Waals surface area contributed by atoms with Gasteiger partial charge in [-0.25, -0.2) is 4.79 Å². The molecule has 2 aliphatic heterocycles. The highest BCUT2D eigenvalue weighted by molar-refractivity contribution is 7.80. The Hall–Kier alpha value is -5.06. The van der Waals surface area contributed by atoms with Gasteiger partial charge in [-0.05, 0) is 101 Å². The first-order chi connectivity index (χ1) is 19.8. The molecular formula is C32H30N6O3S. The van der Waals surface area contributed by atoms with Crippen LogP contribution in [-0.4, -0.2) is 20.4 Å². The van der Waals surface area contributed by atoms with Gasteiger partial charge in [-0.3, -0.25) is 14.5 Å². The largest absolute Gasteiger partial charge is 0.460 e. The second-order valence-electron chi connectivity index (χ2n) is 11.1. The first-order valence-corrected chi connectivity index (χ1v) is 13.6. The van der Waals surface area contributed by atoms with E-state index in [-0.39, 0.29) is 0 Å². The summed E-state index contributed by atoms with van der Waals surface area (Å²) in [6.45, 7) is 22.0. The van der Waals surface area contributed by atoms with Gasteiger partial charge in [0.25, 0.3) is 5.17 Å². The smallest absolute Gasteiger partial charge is 0.412 e.